The number of aromatic nitrogens is 2. The van der Waals surface area contributed by atoms with Crippen LogP contribution in [0.5, 0.6) is 0 Å². The van der Waals surface area contributed by atoms with Crippen molar-refractivity contribution in [3.63, 3.8) is 0 Å². The van der Waals surface area contributed by atoms with Crippen LogP contribution in [0.15, 0.2) is 6.07 Å². The Morgan fingerprint density at radius 2 is 1.91 bits per heavy atom. The molecule has 1 heterocycles. The predicted octanol–water partition coefficient (Wildman–Crippen LogP) is 2.72. The zero-order chi connectivity index (χ0) is 8.43. The smallest absolute Gasteiger partial charge is 0.205 e. The normalized spacial score (nSPS) is 10.6. The maximum absolute atomic E-state index is 12.0. The fraction of sp³-hybridized carbons (Fsp3) is 0.200. The molecule has 11 heavy (non-hydrogen) atoms. The van der Waals surface area contributed by atoms with Gasteiger partial charge in [0.2, 0.25) is 0 Å². The van der Waals surface area contributed by atoms with Crippen LogP contribution >= 0.6 is 23.2 Å². The van der Waals surface area contributed by atoms with Crippen molar-refractivity contribution in [2.75, 3.05) is 0 Å². The lowest BCUT2D eigenvalue weighted by molar-refractivity contribution is 0.151. The van der Waals surface area contributed by atoms with E-state index in [9.17, 15) is 8.78 Å². The van der Waals surface area contributed by atoms with Crippen LogP contribution in [-0.4, -0.2) is 10.2 Å². The van der Waals surface area contributed by atoms with Crippen molar-refractivity contribution in [1.29, 1.82) is 0 Å². The predicted molar refractivity (Wildman–Crippen MR) is 37.0 cm³/mol. The van der Waals surface area contributed by atoms with Gasteiger partial charge in [0.15, 0.2) is 10.3 Å². The minimum atomic E-state index is -2.67. The number of halogens is 4. The molecule has 2 nitrogen and oxygen atoms in total. The Balaban J connectivity index is 3.13. The molecule has 60 valence electrons. The minimum Gasteiger partial charge on any atom is -0.205 e. The lowest BCUT2D eigenvalue weighted by Gasteiger charge is -1.99. The maximum atomic E-state index is 12.0. The molecule has 0 aliphatic rings. The van der Waals surface area contributed by atoms with Gasteiger partial charge in [0, 0.05) is 0 Å². The van der Waals surface area contributed by atoms with Crippen LogP contribution in [0.1, 0.15) is 12.0 Å². The van der Waals surface area contributed by atoms with E-state index in [2.05, 4.69) is 10.2 Å². The molecule has 0 saturated carbocycles. The SMILES string of the molecule is FC(F)c1cc(Cl)nnc1Cl. The van der Waals surface area contributed by atoms with E-state index < -0.39 is 12.0 Å². The third kappa shape index (κ3) is 1.97. The molecule has 0 aliphatic heterocycles. The van der Waals surface area contributed by atoms with Crippen molar-refractivity contribution < 1.29 is 8.78 Å². The zero-order valence-electron chi connectivity index (χ0n) is 5.06. The van der Waals surface area contributed by atoms with E-state index in [-0.39, 0.29) is 10.3 Å². The topological polar surface area (TPSA) is 25.8 Å². The Labute approximate surface area is 71.1 Å². The first kappa shape index (κ1) is 8.62. The standard InChI is InChI=1S/C5H2Cl2F2N2/c6-3-1-2(5(8)9)4(7)11-10-3/h1,5H. The molecule has 0 aliphatic carbocycles. The molecule has 1 aromatic heterocycles. The molecule has 0 fully saturated rings. The molecule has 1 aromatic rings. The van der Waals surface area contributed by atoms with Crippen LogP contribution < -0.4 is 0 Å². The molecular weight excluding hydrogens is 197 g/mol. The van der Waals surface area contributed by atoms with Crippen LogP contribution in [0, 0.1) is 0 Å². The lowest BCUT2D eigenvalue weighted by atomic mass is 10.3. The molecular formula is C5H2Cl2F2N2. The first-order valence-corrected chi connectivity index (χ1v) is 3.33. The Morgan fingerprint density at radius 1 is 1.27 bits per heavy atom. The van der Waals surface area contributed by atoms with Crippen molar-refractivity contribution in [1.82, 2.24) is 10.2 Å². The average molecular weight is 199 g/mol. The summed E-state index contributed by atoms with van der Waals surface area (Å²) < 4.78 is 24.0. The van der Waals surface area contributed by atoms with E-state index in [0.717, 1.165) is 6.07 Å². The number of alkyl halides is 2. The van der Waals surface area contributed by atoms with Crippen molar-refractivity contribution in [3.8, 4) is 0 Å². The van der Waals surface area contributed by atoms with Gasteiger partial charge in [0.05, 0.1) is 5.56 Å². The van der Waals surface area contributed by atoms with E-state index in [1.165, 1.54) is 0 Å². The Kier molecular flexibility index (Phi) is 2.57. The minimum absolute atomic E-state index is 0.0929. The summed E-state index contributed by atoms with van der Waals surface area (Å²) >= 11 is 10.6. The number of hydrogen-bond acceptors (Lipinski definition) is 2. The highest BCUT2D eigenvalue weighted by Crippen LogP contribution is 2.25. The zero-order valence-corrected chi connectivity index (χ0v) is 6.57. The summed E-state index contributed by atoms with van der Waals surface area (Å²) in [5.41, 5.74) is -0.397. The van der Waals surface area contributed by atoms with Gasteiger partial charge in [-0.15, -0.1) is 10.2 Å². The van der Waals surface area contributed by atoms with Gasteiger partial charge in [-0.05, 0) is 6.07 Å². The summed E-state index contributed by atoms with van der Waals surface area (Å²) in [5, 5.41) is 6.07. The summed E-state index contributed by atoms with van der Waals surface area (Å²) in [7, 11) is 0. The van der Waals surface area contributed by atoms with Gasteiger partial charge in [0.25, 0.3) is 6.43 Å². The molecule has 0 bridgehead atoms. The molecule has 0 unspecified atom stereocenters. The molecule has 0 amide bonds. The Morgan fingerprint density at radius 3 is 2.36 bits per heavy atom. The Bertz CT molecular complexity index is 267. The lowest BCUT2D eigenvalue weighted by Crippen LogP contribution is -1.91. The van der Waals surface area contributed by atoms with Crippen LogP contribution in [0.4, 0.5) is 8.78 Å². The van der Waals surface area contributed by atoms with Gasteiger partial charge in [-0.1, -0.05) is 23.2 Å². The van der Waals surface area contributed by atoms with Gasteiger partial charge in [0.1, 0.15) is 0 Å². The number of nitrogens with zero attached hydrogens (tertiary/aromatic N) is 2. The van der Waals surface area contributed by atoms with Crippen molar-refractivity contribution in [2.45, 2.75) is 6.43 Å². The van der Waals surface area contributed by atoms with Crippen LogP contribution in [0.3, 0.4) is 0 Å². The summed E-state index contributed by atoms with van der Waals surface area (Å²) in [5.74, 6) is 0. The van der Waals surface area contributed by atoms with E-state index >= 15 is 0 Å². The van der Waals surface area contributed by atoms with Crippen molar-refractivity contribution >= 4 is 23.2 Å². The Hall–Kier alpha value is -0.480. The van der Waals surface area contributed by atoms with E-state index in [0.29, 0.717) is 0 Å². The first-order chi connectivity index (χ1) is 5.11. The highest BCUT2D eigenvalue weighted by Gasteiger charge is 2.13. The molecule has 1 rings (SSSR count). The number of rotatable bonds is 1. The molecule has 0 N–H and O–H groups in total. The summed E-state index contributed by atoms with van der Waals surface area (Å²) in [4.78, 5) is 0. The first-order valence-electron chi connectivity index (χ1n) is 2.58. The fourth-order valence-corrected chi connectivity index (χ4v) is 0.849. The quantitative estimate of drug-likeness (QED) is 0.694. The highest BCUT2D eigenvalue weighted by molar-refractivity contribution is 6.31. The van der Waals surface area contributed by atoms with Gasteiger partial charge in [-0.25, -0.2) is 8.78 Å². The van der Waals surface area contributed by atoms with Crippen LogP contribution in [0.25, 0.3) is 0 Å². The van der Waals surface area contributed by atoms with Gasteiger partial charge < -0.3 is 0 Å². The number of hydrogen-bond donors (Lipinski definition) is 0. The van der Waals surface area contributed by atoms with Gasteiger partial charge >= 0.3 is 0 Å². The van der Waals surface area contributed by atoms with E-state index in [4.69, 9.17) is 23.2 Å². The molecule has 0 spiro atoms. The third-order valence-corrected chi connectivity index (χ3v) is 1.46. The maximum Gasteiger partial charge on any atom is 0.266 e. The van der Waals surface area contributed by atoms with Gasteiger partial charge in [-0.3, -0.25) is 0 Å². The van der Waals surface area contributed by atoms with Gasteiger partial charge in [-0.2, -0.15) is 0 Å². The van der Waals surface area contributed by atoms with Crippen LogP contribution in [-0.2, 0) is 0 Å². The molecule has 0 atom stereocenters. The monoisotopic (exact) mass is 198 g/mol. The summed E-state index contributed by atoms with van der Waals surface area (Å²) in [6.45, 7) is 0. The second-order valence-corrected chi connectivity index (χ2v) is 2.46. The van der Waals surface area contributed by atoms with Crippen molar-refractivity contribution in [2.24, 2.45) is 0 Å². The van der Waals surface area contributed by atoms with E-state index in [1.54, 1.807) is 0 Å². The highest BCUT2D eigenvalue weighted by atomic mass is 35.5. The van der Waals surface area contributed by atoms with Crippen molar-refractivity contribution in [3.05, 3.63) is 21.9 Å². The summed E-state index contributed by atoms with van der Waals surface area (Å²) in [6, 6.07) is 0.988. The molecule has 6 heteroatoms. The summed E-state index contributed by atoms with van der Waals surface area (Å²) in [6.07, 6.45) is -2.67. The fourth-order valence-electron chi connectivity index (χ4n) is 0.519. The average Bonchev–Trinajstić information content (AvgIpc) is 1.94. The second kappa shape index (κ2) is 3.28. The molecule has 0 aromatic carbocycles. The largest absolute Gasteiger partial charge is 0.266 e. The van der Waals surface area contributed by atoms with E-state index in [1.807, 2.05) is 0 Å². The molecule has 0 saturated heterocycles. The second-order valence-electron chi connectivity index (χ2n) is 1.71. The van der Waals surface area contributed by atoms with Crippen LogP contribution in [0.2, 0.25) is 10.3 Å². The third-order valence-electron chi connectivity index (χ3n) is 0.981. The molecule has 0 radical (unpaired) electrons.